The first-order chi connectivity index (χ1) is 14.6. The Morgan fingerprint density at radius 1 is 1.03 bits per heavy atom. The highest BCUT2D eigenvalue weighted by Gasteiger charge is 2.23. The van der Waals surface area contributed by atoms with Gasteiger partial charge in [-0.05, 0) is 65.7 Å². The van der Waals surface area contributed by atoms with E-state index in [0.717, 1.165) is 12.8 Å². The zero-order chi connectivity index (χ0) is 20.9. The maximum atomic E-state index is 12.8. The van der Waals surface area contributed by atoms with Crippen molar-refractivity contribution in [2.45, 2.75) is 38.1 Å². The van der Waals surface area contributed by atoms with E-state index in [0.29, 0.717) is 28.5 Å². The van der Waals surface area contributed by atoms with Crippen LogP contribution < -0.4 is 5.32 Å². The van der Waals surface area contributed by atoms with Crippen molar-refractivity contribution in [2.75, 3.05) is 12.4 Å². The molecule has 0 saturated heterocycles. The van der Waals surface area contributed by atoms with E-state index in [9.17, 15) is 9.59 Å². The summed E-state index contributed by atoms with van der Waals surface area (Å²) in [4.78, 5) is 27.2. The maximum Gasteiger partial charge on any atom is 0.255 e. The van der Waals surface area contributed by atoms with Crippen molar-refractivity contribution in [3.05, 3.63) is 66.0 Å². The molecule has 1 saturated carbocycles. The lowest BCUT2D eigenvalue weighted by atomic mass is 9.94. The number of nitrogens with one attached hydrogen (secondary N) is 1. The summed E-state index contributed by atoms with van der Waals surface area (Å²) in [5, 5.41) is 13.9. The summed E-state index contributed by atoms with van der Waals surface area (Å²) in [6, 6.07) is 14.4. The van der Waals surface area contributed by atoms with Crippen molar-refractivity contribution in [3.63, 3.8) is 0 Å². The number of carbonyl (C=O) groups excluding carboxylic acids is 2. The number of hydrogen-bond acceptors (Lipinski definition) is 5. The number of rotatable bonds is 5. The van der Waals surface area contributed by atoms with E-state index >= 15 is 0 Å². The van der Waals surface area contributed by atoms with Gasteiger partial charge in [0.1, 0.15) is 6.33 Å². The minimum atomic E-state index is -0.247. The number of carbonyl (C=O) groups is 2. The van der Waals surface area contributed by atoms with E-state index < -0.39 is 0 Å². The zero-order valence-corrected chi connectivity index (χ0v) is 16.9. The fraction of sp³-hybridized carbons (Fsp3) is 0.318. The van der Waals surface area contributed by atoms with Gasteiger partial charge in [-0.3, -0.25) is 9.59 Å². The second kappa shape index (κ2) is 8.86. The van der Waals surface area contributed by atoms with Crippen LogP contribution in [0.4, 0.5) is 5.69 Å². The minimum absolute atomic E-state index is 0.0221. The van der Waals surface area contributed by atoms with Crippen molar-refractivity contribution in [1.82, 2.24) is 25.1 Å². The third-order valence-electron chi connectivity index (χ3n) is 5.55. The molecule has 0 aliphatic heterocycles. The van der Waals surface area contributed by atoms with E-state index in [-0.39, 0.29) is 11.8 Å². The number of hydrogen-bond donors (Lipinski definition) is 1. The Labute approximate surface area is 174 Å². The first kappa shape index (κ1) is 19.8. The van der Waals surface area contributed by atoms with Gasteiger partial charge < -0.3 is 10.2 Å². The van der Waals surface area contributed by atoms with Crippen molar-refractivity contribution in [3.8, 4) is 5.69 Å². The van der Waals surface area contributed by atoms with Crippen LogP contribution in [0, 0.1) is 0 Å². The smallest absolute Gasteiger partial charge is 0.255 e. The van der Waals surface area contributed by atoms with Crippen molar-refractivity contribution in [1.29, 1.82) is 0 Å². The fourth-order valence-electron chi connectivity index (χ4n) is 3.81. The van der Waals surface area contributed by atoms with Crippen molar-refractivity contribution in [2.24, 2.45) is 0 Å². The summed E-state index contributed by atoms with van der Waals surface area (Å²) in [5.74, 6) is -0.225. The van der Waals surface area contributed by atoms with Crippen LogP contribution >= 0.6 is 0 Å². The summed E-state index contributed by atoms with van der Waals surface area (Å²) < 4.78 is 1.49. The van der Waals surface area contributed by atoms with Gasteiger partial charge in [0.05, 0.1) is 5.69 Å². The molecular formula is C22H24N6O2. The Bertz CT molecular complexity index is 1010. The van der Waals surface area contributed by atoms with E-state index in [4.69, 9.17) is 0 Å². The van der Waals surface area contributed by atoms with E-state index in [2.05, 4.69) is 20.8 Å². The van der Waals surface area contributed by atoms with Crippen LogP contribution in [0.1, 0.15) is 52.8 Å². The van der Waals surface area contributed by atoms with Gasteiger partial charge >= 0.3 is 0 Å². The molecule has 1 aliphatic carbocycles. The first-order valence-electron chi connectivity index (χ1n) is 10.1. The van der Waals surface area contributed by atoms with Gasteiger partial charge in [0, 0.05) is 29.9 Å². The molecule has 1 N–H and O–H groups in total. The van der Waals surface area contributed by atoms with Gasteiger partial charge in [-0.15, -0.1) is 5.10 Å². The predicted octanol–water partition coefficient (Wildman–Crippen LogP) is 3.32. The van der Waals surface area contributed by atoms with Gasteiger partial charge in [-0.1, -0.05) is 25.3 Å². The van der Waals surface area contributed by atoms with Crippen LogP contribution in [0.15, 0.2) is 54.9 Å². The molecule has 1 heterocycles. The highest BCUT2D eigenvalue weighted by Crippen LogP contribution is 2.23. The molecule has 8 nitrogen and oxygen atoms in total. The van der Waals surface area contributed by atoms with Crippen LogP contribution in [-0.2, 0) is 0 Å². The van der Waals surface area contributed by atoms with E-state index in [1.54, 1.807) is 42.5 Å². The topological polar surface area (TPSA) is 93.0 Å². The van der Waals surface area contributed by atoms with Crippen LogP contribution in [0.25, 0.3) is 5.69 Å². The number of nitrogens with zero attached hydrogens (tertiary/aromatic N) is 5. The van der Waals surface area contributed by atoms with Crippen molar-refractivity contribution < 1.29 is 9.59 Å². The minimum Gasteiger partial charge on any atom is -0.339 e. The molecule has 0 radical (unpaired) electrons. The maximum absolute atomic E-state index is 12.8. The normalized spacial score (nSPS) is 14.3. The first-order valence-corrected chi connectivity index (χ1v) is 10.1. The fourth-order valence-corrected chi connectivity index (χ4v) is 3.81. The quantitative estimate of drug-likeness (QED) is 0.704. The number of benzene rings is 2. The Morgan fingerprint density at radius 2 is 1.80 bits per heavy atom. The van der Waals surface area contributed by atoms with Gasteiger partial charge in [-0.2, -0.15) is 0 Å². The van der Waals surface area contributed by atoms with Crippen LogP contribution in [0.2, 0.25) is 0 Å². The Kier molecular flexibility index (Phi) is 5.83. The lowest BCUT2D eigenvalue weighted by molar-refractivity contribution is 0.0696. The number of amides is 2. The lowest BCUT2D eigenvalue weighted by Gasteiger charge is -2.31. The average molecular weight is 404 g/mol. The molecule has 0 spiro atoms. The number of anilines is 1. The van der Waals surface area contributed by atoms with Gasteiger partial charge in [0.2, 0.25) is 0 Å². The third-order valence-corrected chi connectivity index (χ3v) is 5.55. The summed E-state index contributed by atoms with van der Waals surface area (Å²) >= 11 is 0. The Hall–Kier alpha value is -3.55. The molecule has 2 aromatic carbocycles. The molecule has 154 valence electrons. The van der Waals surface area contributed by atoms with E-state index in [1.165, 1.54) is 30.3 Å². The molecule has 2 amide bonds. The zero-order valence-electron chi connectivity index (χ0n) is 16.9. The number of aromatic nitrogens is 4. The monoisotopic (exact) mass is 404 g/mol. The molecule has 8 heteroatoms. The molecule has 0 atom stereocenters. The predicted molar refractivity (Wildman–Crippen MR) is 113 cm³/mol. The van der Waals surface area contributed by atoms with Crippen LogP contribution in [0.5, 0.6) is 0 Å². The summed E-state index contributed by atoms with van der Waals surface area (Å²) in [5.41, 5.74) is 2.44. The highest BCUT2D eigenvalue weighted by atomic mass is 16.2. The summed E-state index contributed by atoms with van der Waals surface area (Å²) in [6.07, 6.45) is 7.23. The lowest BCUT2D eigenvalue weighted by Crippen LogP contribution is -2.38. The summed E-state index contributed by atoms with van der Waals surface area (Å²) in [7, 11) is 1.88. The Morgan fingerprint density at radius 3 is 2.50 bits per heavy atom. The van der Waals surface area contributed by atoms with E-state index in [1.807, 2.05) is 18.0 Å². The molecular weight excluding hydrogens is 380 g/mol. The molecule has 1 fully saturated rings. The molecule has 3 aromatic rings. The van der Waals surface area contributed by atoms with Crippen LogP contribution in [0.3, 0.4) is 0 Å². The van der Waals surface area contributed by atoms with Gasteiger partial charge in [0.15, 0.2) is 0 Å². The van der Waals surface area contributed by atoms with Gasteiger partial charge in [0.25, 0.3) is 11.8 Å². The summed E-state index contributed by atoms with van der Waals surface area (Å²) in [6.45, 7) is 0. The average Bonchev–Trinajstić information content (AvgIpc) is 3.34. The highest BCUT2D eigenvalue weighted by molar-refractivity contribution is 6.05. The SMILES string of the molecule is CN(C(=O)c1ccc(NC(=O)c2cccc(-n3cnnn3)c2)cc1)C1CCCCC1. The standard InChI is InChI=1S/C22H24N6O2/c1-27(19-7-3-2-4-8-19)22(30)16-10-12-18(13-11-16)24-21(29)17-6-5-9-20(14-17)28-15-23-25-26-28/h5-6,9-15,19H,2-4,7-8H2,1H3,(H,24,29). The molecule has 30 heavy (non-hydrogen) atoms. The van der Waals surface area contributed by atoms with Crippen molar-refractivity contribution >= 4 is 17.5 Å². The van der Waals surface area contributed by atoms with Gasteiger partial charge in [-0.25, -0.2) is 4.68 Å². The Balaban J connectivity index is 1.41. The largest absolute Gasteiger partial charge is 0.339 e. The number of tetrazole rings is 1. The molecule has 4 rings (SSSR count). The molecule has 0 bridgehead atoms. The van der Waals surface area contributed by atoms with Crippen LogP contribution in [-0.4, -0.2) is 50.0 Å². The second-order valence-corrected chi connectivity index (χ2v) is 7.54. The molecule has 1 aromatic heterocycles. The third kappa shape index (κ3) is 4.37. The second-order valence-electron chi connectivity index (χ2n) is 7.54. The molecule has 0 unspecified atom stereocenters. The molecule has 1 aliphatic rings.